The number of halogens is 1. The van der Waals surface area contributed by atoms with E-state index in [2.05, 4.69) is 26.6 Å². The Morgan fingerprint density at radius 3 is 2.57 bits per heavy atom. The van der Waals surface area contributed by atoms with E-state index in [0.29, 0.717) is 12.2 Å². The van der Waals surface area contributed by atoms with Crippen molar-refractivity contribution in [2.24, 2.45) is 0 Å². The molecule has 0 aliphatic heterocycles. The quantitative estimate of drug-likeness (QED) is 0.786. The van der Waals surface area contributed by atoms with Gasteiger partial charge in [0.05, 0.1) is 6.10 Å². The summed E-state index contributed by atoms with van der Waals surface area (Å²) in [5.74, 6) is 0. The van der Waals surface area contributed by atoms with Gasteiger partial charge in [0, 0.05) is 16.7 Å². The fourth-order valence-electron chi connectivity index (χ4n) is 1.85. The van der Waals surface area contributed by atoms with Crippen LogP contribution in [0.5, 0.6) is 0 Å². The lowest BCUT2D eigenvalue weighted by molar-refractivity contribution is 0.199. The van der Waals surface area contributed by atoms with E-state index < -0.39 is 6.10 Å². The average Bonchev–Trinajstić information content (AvgIpc) is 2.46. The molecule has 0 aromatic heterocycles. The minimum atomic E-state index is -0.510. The van der Waals surface area contributed by atoms with Crippen LogP contribution in [0.3, 0.4) is 0 Å². The van der Waals surface area contributed by atoms with Gasteiger partial charge in [0.1, 0.15) is 0 Å². The number of urea groups is 1. The van der Waals surface area contributed by atoms with Crippen LogP contribution in [0.25, 0.3) is 0 Å². The number of nitrogens with one attached hydrogen (secondary N) is 2. The zero-order valence-corrected chi connectivity index (χ0v) is 13.2. The van der Waals surface area contributed by atoms with Crippen molar-refractivity contribution in [2.75, 3.05) is 5.32 Å². The maximum absolute atomic E-state index is 11.8. The van der Waals surface area contributed by atoms with E-state index in [1.165, 1.54) is 0 Å². The van der Waals surface area contributed by atoms with Gasteiger partial charge in [-0.15, -0.1) is 0 Å². The van der Waals surface area contributed by atoms with Crippen LogP contribution < -0.4 is 10.6 Å². The highest BCUT2D eigenvalue weighted by atomic mass is 79.9. The second-order valence-electron chi connectivity index (χ2n) is 4.74. The van der Waals surface area contributed by atoms with Gasteiger partial charge in [-0.3, -0.25) is 0 Å². The summed E-state index contributed by atoms with van der Waals surface area (Å²) >= 11 is 3.39. The van der Waals surface area contributed by atoms with Gasteiger partial charge in [-0.05, 0) is 42.3 Å². The molecule has 21 heavy (non-hydrogen) atoms. The van der Waals surface area contributed by atoms with Gasteiger partial charge in [-0.25, -0.2) is 4.79 Å². The maximum atomic E-state index is 11.8. The minimum absolute atomic E-state index is 0.264. The molecule has 0 heterocycles. The molecule has 0 radical (unpaired) electrons. The van der Waals surface area contributed by atoms with Crippen molar-refractivity contribution >= 4 is 27.6 Å². The highest BCUT2D eigenvalue weighted by Gasteiger charge is 2.04. The molecular formula is C16H17BrN2O2. The fourth-order valence-corrected chi connectivity index (χ4v) is 2.30. The summed E-state index contributed by atoms with van der Waals surface area (Å²) in [5, 5.41) is 15.0. The van der Waals surface area contributed by atoms with Crippen LogP contribution in [0.4, 0.5) is 10.5 Å². The lowest BCUT2D eigenvalue weighted by atomic mass is 10.1. The second-order valence-corrected chi connectivity index (χ2v) is 5.65. The summed E-state index contributed by atoms with van der Waals surface area (Å²) in [5.41, 5.74) is 2.52. The summed E-state index contributed by atoms with van der Waals surface area (Å²) < 4.78 is 0.982. The smallest absolute Gasteiger partial charge is 0.319 e. The van der Waals surface area contributed by atoms with Crippen LogP contribution >= 0.6 is 15.9 Å². The lowest BCUT2D eigenvalue weighted by Gasteiger charge is -2.09. The summed E-state index contributed by atoms with van der Waals surface area (Å²) in [6.45, 7) is 2.16. The van der Waals surface area contributed by atoms with Crippen molar-refractivity contribution in [2.45, 2.75) is 19.6 Å². The van der Waals surface area contributed by atoms with E-state index in [9.17, 15) is 9.90 Å². The molecule has 2 aromatic rings. The van der Waals surface area contributed by atoms with E-state index in [1.54, 1.807) is 31.2 Å². The Hall–Kier alpha value is -1.85. The van der Waals surface area contributed by atoms with Gasteiger partial charge in [0.2, 0.25) is 0 Å². The molecule has 3 N–H and O–H groups in total. The monoisotopic (exact) mass is 348 g/mol. The summed E-state index contributed by atoms with van der Waals surface area (Å²) in [6, 6.07) is 14.6. The number of anilines is 1. The van der Waals surface area contributed by atoms with E-state index in [1.807, 2.05) is 24.3 Å². The summed E-state index contributed by atoms with van der Waals surface area (Å²) in [4.78, 5) is 11.8. The molecule has 1 atom stereocenters. The topological polar surface area (TPSA) is 61.4 Å². The highest BCUT2D eigenvalue weighted by Crippen LogP contribution is 2.15. The first-order valence-electron chi connectivity index (χ1n) is 6.62. The zero-order chi connectivity index (χ0) is 15.2. The van der Waals surface area contributed by atoms with Crippen LogP contribution in [0.1, 0.15) is 24.2 Å². The molecule has 0 saturated heterocycles. The van der Waals surface area contributed by atoms with Gasteiger partial charge in [-0.2, -0.15) is 0 Å². The molecule has 0 bridgehead atoms. The van der Waals surface area contributed by atoms with Crippen LogP contribution in [0.15, 0.2) is 53.0 Å². The number of benzene rings is 2. The number of hydrogen-bond acceptors (Lipinski definition) is 2. The highest BCUT2D eigenvalue weighted by molar-refractivity contribution is 9.10. The number of aliphatic hydroxyl groups is 1. The van der Waals surface area contributed by atoms with Gasteiger partial charge >= 0.3 is 6.03 Å². The maximum Gasteiger partial charge on any atom is 0.319 e. The Bertz CT molecular complexity index is 612. The predicted octanol–water partition coefficient (Wildman–Crippen LogP) is 3.82. The number of rotatable bonds is 4. The molecule has 0 fully saturated rings. The van der Waals surface area contributed by atoms with Crippen molar-refractivity contribution in [1.29, 1.82) is 0 Å². The van der Waals surface area contributed by atoms with Crippen molar-refractivity contribution in [3.05, 3.63) is 64.1 Å². The van der Waals surface area contributed by atoms with E-state index >= 15 is 0 Å². The van der Waals surface area contributed by atoms with Crippen LogP contribution in [0.2, 0.25) is 0 Å². The molecule has 5 heteroatoms. The first kappa shape index (κ1) is 15.5. The number of carbonyl (C=O) groups excluding carboxylic acids is 1. The van der Waals surface area contributed by atoms with Crippen molar-refractivity contribution < 1.29 is 9.90 Å². The Morgan fingerprint density at radius 1 is 1.24 bits per heavy atom. The number of carbonyl (C=O) groups is 1. The molecule has 1 unspecified atom stereocenters. The molecular weight excluding hydrogens is 332 g/mol. The normalized spacial score (nSPS) is 11.8. The fraction of sp³-hybridized carbons (Fsp3) is 0.188. The van der Waals surface area contributed by atoms with E-state index in [4.69, 9.17) is 0 Å². The third kappa shape index (κ3) is 4.88. The average molecular weight is 349 g/mol. The van der Waals surface area contributed by atoms with Gasteiger partial charge in [0.25, 0.3) is 0 Å². The first-order valence-corrected chi connectivity index (χ1v) is 7.41. The summed E-state index contributed by atoms with van der Waals surface area (Å²) in [6.07, 6.45) is -0.510. The molecule has 2 rings (SSSR count). The van der Waals surface area contributed by atoms with Gasteiger partial charge in [0.15, 0.2) is 0 Å². The van der Waals surface area contributed by atoms with Gasteiger partial charge in [-0.1, -0.05) is 40.2 Å². The Balaban J connectivity index is 1.87. The van der Waals surface area contributed by atoms with Crippen molar-refractivity contribution in [3.63, 3.8) is 0 Å². The van der Waals surface area contributed by atoms with Crippen LogP contribution in [-0.4, -0.2) is 11.1 Å². The standard InChI is InChI=1S/C16H17BrN2O2/c1-11(20)13-5-7-15(8-6-13)19-16(21)18-10-12-3-2-4-14(17)9-12/h2-9,11,20H,10H2,1H3,(H2,18,19,21). The number of hydrogen-bond donors (Lipinski definition) is 3. The third-order valence-corrected chi connectivity index (χ3v) is 3.49. The largest absolute Gasteiger partial charge is 0.389 e. The number of aliphatic hydroxyl groups excluding tert-OH is 1. The Labute approximate surface area is 132 Å². The first-order chi connectivity index (χ1) is 10.0. The minimum Gasteiger partial charge on any atom is -0.389 e. The second kappa shape index (κ2) is 7.24. The SMILES string of the molecule is CC(O)c1ccc(NC(=O)NCc2cccc(Br)c2)cc1. The lowest BCUT2D eigenvalue weighted by Crippen LogP contribution is -2.28. The molecule has 4 nitrogen and oxygen atoms in total. The third-order valence-electron chi connectivity index (χ3n) is 2.99. The molecule has 0 aliphatic rings. The molecule has 0 saturated carbocycles. The molecule has 2 aromatic carbocycles. The van der Waals surface area contributed by atoms with Gasteiger partial charge < -0.3 is 15.7 Å². The van der Waals surface area contributed by atoms with Crippen molar-refractivity contribution in [1.82, 2.24) is 5.32 Å². The molecule has 0 aliphatic carbocycles. The van der Waals surface area contributed by atoms with Crippen LogP contribution in [-0.2, 0) is 6.54 Å². The van der Waals surface area contributed by atoms with E-state index in [-0.39, 0.29) is 6.03 Å². The predicted molar refractivity (Wildman–Crippen MR) is 87.1 cm³/mol. The zero-order valence-electron chi connectivity index (χ0n) is 11.6. The molecule has 0 spiro atoms. The Kier molecular flexibility index (Phi) is 5.36. The summed E-state index contributed by atoms with van der Waals surface area (Å²) in [7, 11) is 0. The Morgan fingerprint density at radius 2 is 1.95 bits per heavy atom. The number of amides is 2. The van der Waals surface area contributed by atoms with E-state index in [0.717, 1.165) is 15.6 Å². The molecule has 110 valence electrons. The van der Waals surface area contributed by atoms with Crippen molar-refractivity contribution in [3.8, 4) is 0 Å². The van der Waals surface area contributed by atoms with Crippen LogP contribution in [0, 0.1) is 0 Å². The molecule has 2 amide bonds.